The summed E-state index contributed by atoms with van der Waals surface area (Å²) in [5.41, 5.74) is 6.34. The van der Waals surface area contributed by atoms with E-state index in [-0.39, 0.29) is 11.1 Å². The molecule has 0 saturated carbocycles. The third-order valence-corrected chi connectivity index (χ3v) is 2.68. The maximum absolute atomic E-state index is 8.42. The summed E-state index contributed by atoms with van der Waals surface area (Å²) < 4.78 is 0. The van der Waals surface area contributed by atoms with E-state index in [2.05, 4.69) is 15.1 Å². The first-order valence-corrected chi connectivity index (χ1v) is 5.42. The normalized spacial score (nSPS) is 13.9. The van der Waals surface area contributed by atoms with Crippen LogP contribution in [-0.4, -0.2) is 26.3 Å². The van der Waals surface area contributed by atoms with E-state index in [4.69, 9.17) is 10.9 Å². The van der Waals surface area contributed by atoms with Crippen molar-refractivity contribution in [3.63, 3.8) is 0 Å². The molecule has 0 aliphatic heterocycles. The van der Waals surface area contributed by atoms with Crippen molar-refractivity contribution in [2.75, 3.05) is 0 Å². The molecule has 15 heavy (non-hydrogen) atoms. The Bertz CT molecular complexity index is 356. The van der Waals surface area contributed by atoms with Crippen molar-refractivity contribution in [2.45, 2.75) is 30.7 Å². The second-order valence-corrected chi connectivity index (χ2v) is 4.61. The van der Waals surface area contributed by atoms with Crippen LogP contribution in [0, 0.1) is 6.92 Å². The average molecular weight is 226 g/mol. The lowest BCUT2D eigenvalue weighted by Gasteiger charge is -2.08. The summed E-state index contributed by atoms with van der Waals surface area (Å²) in [5.74, 6) is 0.225. The Hall–Kier alpha value is -1.30. The molecule has 0 fully saturated rings. The molecule has 0 saturated heterocycles. The van der Waals surface area contributed by atoms with Gasteiger partial charge in [-0.2, -0.15) is 0 Å². The monoisotopic (exact) mass is 226 g/mol. The number of thioether (sulfide) groups is 1. The zero-order valence-corrected chi connectivity index (χ0v) is 9.53. The van der Waals surface area contributed by atoms with Gasteiger partial charge in [-0.1, -0.05) is 23.8 Å². The zero-order valence-electron chi connectivity index (χ0n) is 8.71. The van der Waals surface area contributed by atoms with Crippen molar-refractivity contribution >= 4 is 17.6 Å². The van der Waals surface area contributed by atoms with Crippen LogP contribution in [0.1, 0.15) is 19.0 Å². The van der Waals surface area contributed by atoms with Gasteiger partial charge >= 0.3 is 0 Å². The predicted molar refractivity (Wildman–Crippen MR) is 60.1 cm³/mol. The van der Waals surface area contributed by atoms with Crippen LogP contribution in [-0.2, 0) is 0 Å². The molecule has 0 bridgehead atoms. The van der Waals surface area contributed by atoms with Crippen molar-refractivity contribution in [2.24, 2.45) is 10.9 Å². The van der Waals surface area contributed by atoms with Crippen LogP contribution < -0.4 is 5.73 Å². The van der Waals surface area contributed by atoms with E-state index >= 15 is 0 Å². The molecular weight excluding hydrogens is 212 g/mol. The van der Waals surface area contributed by atoms with Crippen LogP contribution in [0.4, 0.5) is 0 Å². The summed E-state index contributed by atoms with van der Waals surface area (Å²) in [5, 5.41) is 12.2. The van der Waals surface area contributed by atoms with Gasteiger partial charge in [0, 0.05) is 23.6 Å². The highest BCUT2D eigenvalue weighted by Gasteiger charge is 2.08. The lowest BCUT2D eigenvalue weighted by Crippen LogP contribution is -2.16. The van der Waals surface area contributed by atoms with Gasteiger partial charge in [-0.3, -0.25) is 0 Å². The highest BCUT2D eigenvalue weighted by atomic mass is 32.2. The van der Waals surface area contributed by atoms with Gasteiger partial charge in [0.25, 0.3) is 0 Å². The molecule has 0 aliphatic carbocycles. The first kappa shape index (κ1) is 11.8. The number of amidine groups is 1. The van der Waals surface area contributed by atoms with Crippen molar-refractivity contribution < 1.29 is 5.21 Å². The molecule has 0 amide bonds. The molecule has 1 unspecified atom stereocenters. The number of nitrogens with two attached hydrogens (primary N) is 1. The predicted octanol–water partition coefficient (Wildman–Crippen LogP) is 1.40. The number of hydrogen-bond acceptors (Lipinski definition) is 5. The van der Waals surface area contributed by atoms with Crippen molar-refractivity contribution in [1.29, 1.82) is 0 Å². The fraction of sp³-hybridized carbons (Fsp3) is 0.444. The first-order chi connectivity index (χ1) is 7.11. The molecule has 1 atom stereocenters. The minimum absolute atomic E-state index is 0.183. The van der Waals surface area contributed by atoms with Gasteiger partial charge in [-0.25, -0.2) is 9.97 Å². The highest BCUT2D eigenvalue weighted by molar-refractivity contribution is 7.99. The molecule has 1 heterocycles. The second kappa shape index (κ2) is 5.55. The molecule has 0 aliphatic rings. The maximum Gasteiger partial charge on any atom is 0.187 e. The average Bonchev–Trinajstić information content (AvgIpc) is 2.17. The minimum atomic E-state index is 0.183. The second-order valence-electron chi connectivity index (χ2n) is 3.20. The molecule has 6 heteroatoms. The third-order valence-electron chi connectivity index (χ3n) is 1.70. The Morgan fingerprint density at radius 3 is 3.07 bits per heavy atom. The summed E-state index contributed by atoms with van der Waals surface area (Å²) in [6.07, 6.45) is 2.24. The van der Waals surface area contributed by atoms with E-state index in [0.29, 0.717) is 11.6 Å². The Morgan fingerprint density at radius 2 is 2.47 bits per heavy atom. The smallest absolute Gasteiger partial charge is 0.187 e. The van der Waals surface area contributed by atoms with Crippen molar-refractivity contribution in [3.05, 3.63) is 18.0 Å². The zero-order chi connectivity index (χ0) is 11.3. The van der Waals surface area contributed by atoms with Gasteiger partial charge in [0.05, 0.1) is 0 Å². The molecule has 0 aromatic carbocycles. The summed E-state index contributed by atoms with van der Waals surface area (Å²) in [6.45, 7) is 3.90. The Kier molecular flexibility index (Phi) is 4.36. The number of nitrogens with zero attached hydrogens (tertiary/aromatic N) is 3. The Morgan fingerprint density at radius 1 is 1.73 bits per heavy atom. The van der Waals surface area contributed by atoms with E-state index in [0.717, 1.165) is 5.69 Å². The van der Waals surface area contributed by atoms with Gasteiger partial charge in [0.15, 0.2) is 5.16 Å². The van der Waals surface area contributed by atoms with Gasteiger partial charge < -0.3 is 10.9 Å². The fourth-order valence-corrected chi connectivity index (χ4v) is 1.97. The molecule has 0 spiro atoms. The summed E-state index contributed by atoms with van der Waals surface area (Å²) in [6, 6.07) is 1.85. The van der Waals surface area contributed by atoms with Crippen LogP contribution in [0.3, 0.4) is 0 Å². The van der Waals surface area contributed by atoms with E-state index in [1.54, 1.807) is 6.20 Å². The standard InChI is InChI=1S/C9H14N4OS/c1-6-3-4-11-9(12-6)15-7(2)5-8(10)13-14/h3-4,7,14H,5H2,1-2H3,(H2,10,13). The number of aryl methyl sites for hydroxylation is 1. The summed E-state index contributed by atoms with van der Waals surface area (Å²) in [4.78, 5) is 8.38. The largest absolute Gasteiger partial charge is 0.409 e. The molecular formula is C9H14N4OS. The summed E-state index contributed by atoms with van der Waals surface area (Å²) in [7, 11) is 0. The van der Waals surface area contributed by atoms with Gasteiger partial charge in [-0.15, -0.1) is 0 Å². The van der Waals surface area contributed by atoms with Crippen LogP contribution >= 0.6 is 11.8 Å². The lowest BCUT2D eigenvalue weighted by molar-refractivity contribution is 0.317. The third kappa shape index (κ3) is 4.16. The van der Waals surface area contributed by atoms with Crippen LogP contribution in [0.2, 0.25) is 0 Å². The maximum atomic E-state index is 8.42. The number of hydrogen-bond donors (Lipinski definition) is 2. The molecule has 82 valence electrons. The van der Waals surface area contributed by atoms with E-state index < -0.39 is 0 Å². The van der Waals surface area contributed by atoms with E-state index in [1.165, 1.54) is 11.8 Å². The quantitative estimate of drug-likeness (QED) is 0.202. The summed E-state index contributed by atoms with van der Waals surface area (Å²) >= 11 is 1.51. The number of rotatable bonds is 4. The van der Waals surface area contributed by atoms with Crippen LogP contribution in [0.15, 0.2) is 22.6 Å². The minimum Gasteiger partial charge on any atom is -0.409 e. The Labute approximate surface area is 92.8 Å². The molecule has 5 nitrogen and oxygen atoms in total. The van der Waals surface area contributed by atoms with Crippen LogP contribution in [0.25, 0.3) is 0 Å². The number of aromatic nitrogens is 2. The van der Waals surface area contributed by atoms with Crippen LogP contribution in [0.5, 0.6) is 0 Å². The fourth-order valence-electron chi connectivity index (χ4n) is 1.04. The molecule has 1 aromatic heterocycles. The van der Waals surface area contributed by atoms with Crippen molar-refractivity contribution in [3.8, 4) is 0 Å². The molecule has 1 aromatic rings. The van der Waals surface area contributed by atoms with Gasteiger partial charge in [0.1, 0.15) is 5.84 Å². The molecule has 1 rings (SSSR count). The lowest BCUT2D eigenvalue weighted by atomic mass is 10.3. The van der Waals surface area contributed by atoms with Gasteiger partial charge in [-0.05, 0) is 13.0 Å². The van der Waals surface area contributed by atoms with E-state index in [1.807, 2.05) is 19.9 Å². The first-order valence-electron chi connectivity index (χ1n) is 4.54. The highest BCUT2D eigenvalue weighted by Crippen LogP contribution is 2.21. The van der Waals surface area contributed by atoms with Crippen molar-refractivity contribution in [1.82, 2.24) is 9.97 Å². The Balaban J connectivity index is 2.55. The molecule has 3 N–H and O–H groups in total. The number of oxime groups is 1. The SMILES string of the molecule is Cc1ccnc(SC(C)CC(N)=NO)n1. The van der Waals surface area contributed by atoms with Gasteiger partial charge in [0.2, 0.25) is 0 Å². The topological polar surface area (TPSA) is 84.4 Å². The van der Waals surface area contributed by atoms with E-state index in [9.17, 15) is 0 Å². The molecule has 0 radical (unpaired) electrons.